The first-order chi connectivity index (χ1) is 9.52. The third-order valence-corrected chi connectivity index (χ3v) is 2.82. The summed E-state index contributed by atoms with van der Waals surface area (Å²) in [5.41, 5.74) is 0.149. The molecule has 0 radical (unpaired) electrons. The smallest absolute Gasteiger partial charge is 0.358 e. The van der Waals surface area contributed by atoms with Gasteiger partial charge in [0.2, 0.25) is 0 Å². The van der Waals surface area contributed by atoms with E-state index in [4.69, 9.17) is 5.11 Å². The largest absolute Gasteiger partial charge is 0.481 e. The third kappa shape index (κ3) is 5.64. The van der Waals surface area contributed by atoms with Crippen LogP contribution in [0.3, 0.4) is 0 Å². The molecule has 0 spiro atoms. The van der Waals surface area contributed by atoms with Crippen molar-refractivity contribution in [1.82, 2.24) is 9.97 Å². The van der Waals surface area contributed by atoms with Gasteiger partial charge in [-0.15, -0.1) is 0 Å². The van der Waals surface area contributed by atoms with E-state index in [9.17, 15) is 9.59 Å². The van der Waals surface area contributed by atoms with E-state index in [0.717, 1.165) is 6.42 Å². The van der Waals surface area contributed by atoms with Crippen molar-refractivity contribution < 1.29 is 19.4 Å². The van der Waals surface area contributed by atoms with Gasteiger partial charge in [0.05, 0.1) is 19.5 Å². The van der Waals surface area contributed by atoms with Gasteiger partial charge in [0.1, 0.15) is 5.82 Å². The summed E-state index contributed by atoms with van der Waals surface area (Å²) < 4.78 is 4.56. The van der Waals surface area contributed by atoms with Crippen LogP contribution in [0, 0.1) is 5.92 Å². The molecule has 7 heteroatoms. The molecular weight excluding hydrogens is 262 g/mol. The minimum atomic E-state index is -0.776. The number of hydrogen-bond donors (Lipinski definition) is 2. The van der Waals surface area contributed by atoms with Crippen LogP contribution < -0.4 is 5.32 Å². The number of anilines is 1. The molecule has 0 saturated heterocycles. The summed E-state index contributed by atoms with van der Waals surface area (Å²) in [7, 11) is 1.29. The predicted molar refractivity (Wildman–Crippen MR) is 72.5 cm³/mol. The molecule has 0 amide bonds. The van der Waals surface area contributed by atoms with Crippen LogP contribution in [-0.4, -0.2) is 40.7 Å². The van der Waals surface area contributed by atoms with E-state index in [2.05, 4.69) is 20.0 Å². The van der Waals surface area contributed by atoms with E-state index >= 15 is 0 Å². The molecular formula is C13H19N3O4. The summed E-state index contributed by atoms with van der Waals surface area (Å²) in [5.74, 6) is -0.508. The molecule has 1 aromatic heterocycles. The highest BCUT2D eigenvalue weighted by Crippen LogP contribution is 2.11. The Morgan fingerprint density at radius 2 is 2.15 bits per heavy atom. The lowest BCUT2D eigenvalue weighted by molar-refractivity contribution is -0.137. The lowest BCUT2D eigenvalue weighted by Crippen LogP contribution is -2.11. The number of hydrogen-bond acceptors (Lipinski definition) is 6. The number of ether oxygens (including phenoxy) is 1. The average molecular weight is 281 g/mol. The summed E-state index contributed by atoms with van der Waals surface area (Å²) in [5, 5.41) is 11.6. The van der Waals surface area contributed by atoms with Crippen molar-refractivity contribution in [3.05, 3.63) is 18.1 Å². The number of carboxylic acid groups (broad SMARTS) is 1. The number of carbonyl (C=O) groups is 2. The van der Waals surface area contributed by atoms with Crippen LogP contribution in [0.1, 0.15) is 36.7 Å². The number of nitrogens with one attached hydrogen (secondary N) is 1. The normalized spacial score (nSPS) is 11.7. The van der Waals surface area contributed by atoms with Crippen molar-refractivity contribution in [3.63, 3.8) is 0 Å². The highest BCUT2D eigenvalue weighted by atomic mass is 16.5. The molecule has 2 N–H and O–H groups in total. The van der Waals surface area contributed by atoms with Gasteiger partial charge in [-0.1, -0.05) is 6.92 Å². The maximum Gasteiger partial charge on any atom is 0.358 e. The van der Waals surface area contributed by atoms with Gasteiger partial charge in [0, 0.05) is 13.0 Å². The van der Waals surface area contributed by atoms with Crippen molar-refractivity contribution in [2.75, 3.05) is 19.0 Å². The van der Waals surface area contributed by atoms with E-state index in [1.165, 1.54) is 19.5 Å². The Balaban J connectivity index is 2.38. The molecule has 0 aliphatic rings. The first-order valence-electron chi connectivity index (χ1n) is 6.39. The van der Waals surface area contributed by atoms with Gasteiger partial charge in [-0.05, 0) is 18.8 Å². The van der Waals surface area contributed by atoms with Gasteiger partial charge in [0.25, 0.3) is 0 Å². The second-order valence-corrected chi connectivity index (χ2v) is 4.53. The summed E-state index contributed by atoms with van der Waals surface area (Å²) in [4.78, 5) is 29.7. The fourth-order valence-corrected chi connectivity index (χ4v) is 1.61. The van der Waals surface area contributed by atoms with Crippen LogP contribution in [0.15, 0.2) is 12.4 Å². The van der Waals surface area contributed by atoms with Gasteiger partial charge in [-0.2, -0.15) is 0 Å². The second kappa shape index (κ2) is 8.08. The van der Waals surface area contributed by atoms with Gasteiger partial charge < -0.3 is 15.2 Å². The molecule has 1 rings (SSSR count). The van der Waals surface area contributed by atoms with E-state index in [0.29, 0.717) is 24.7 Å². The van der Waals surface area contributed by atoms with Crippen molar-refractivity contribution in [1.29, 1.82) is 0 Å². The number of carboxylic acids is 1. The molecule has 0 aliphatic carbocycles. The number of aliphatic carboxylic acids is 1. The lowest BCUT2D eigenvalue weighted by Gasteiger charge is -2.11. The Morgan fingerprint density at radius 3 is 2.80 bits per heavy atom. The van der Waals surface area contributed by atoms with E-state index < -0.39 is 11.9 Å². The van der Waals surface area contributed by atoms with Crippen LogP contribution in [0.5, 0.6) is 0 Å². The Morgan fingerprint density at radius 1 is 1.40 bits per heavy atom. The lowest BCUT2D eigenvalue weighted by atomic mass is 10.0. The van der Waals surface area contributed by atoms with E-state index in [1.54, 1.807) is 0 Å². The Hall–Kier alpha value is -2.18. The summed E-state index contributed by atoms with van der Waals surface area (Å²) in [6.07, 6.45) is 4.50. The number of carbonyl (C=O) groups excluding carboxylic acids is 1. The first kappa shape index (κ1) is 15.9. The SMILES string of the molecule is COC(=O)c1cncc(NCCC(C)CCC(=O)O)n1. The summed E-state index contributed by atoms with van der Waals surface area (Å²) in [6, 6.07) is 0. The van der Waals surface area contributed by atoms with Crippen molar-refractivity contribution >= 4 is 17.8 Å². The molecule has 0 aromatic carbocycles. The molecule has 20 heavy (non-hydrogen) atoms. The monoisotopic (exact) mass is 281 g/mol. The number of esters is 1. The van der Waals surface area contributed by atoms with Gasteiger partial charge in [-0.3, -0.25) is 9.78 Å². The fraction of sp³-hybridized carbons (Fsp3) is 0.538. The van der Waals surface area contributed by atoms with Crippen LogP contribution >= 0.6 is 0 Å². The maximum absolute atomic E-state index is 11.3. The predicted octanol–water partition coefficient (Wildman–Crippen LogP) is 1.57. The highest BCUT2D eigenvalue weighted by Gasteiger charge is 2.09. The summed E-state index contributed by atoms with van der Waals surface area (Å²) in [6.45, 7) is 2.64. The third-order valence-electron chi connectivity index (χ3n) is 2.82. The zero-order valence-corrected chi connectivity index (χ0v) is 11.6. The Kier molecular flexibility index (Phi) is 6.42. The topological polar surface area (TPSA) is 101 Å². The van der Waals surface area contributed by atoms with E-state index in [-0.39, 0.29) is 12.1 Å². The van der Waals surface area contributed by atoms with Crippen molar-refractivity contribution in [3.8, 4) is 0 Å². The number of aromatic nitrogens is 2. The minimum absolute atomic E-state index is 0.149. The standard InChI is InChI=1S/C13H19N3O4/c1-9(3-4-12(17)18)5-6-15-11-8-14-7-10(16-11)13(19)20-2/h7-9H,3-6H2,1-2H3,(H,15,16)(H,17,18). The van der Waals surface area contributed by atoms with Crippen LogP contribution in [0.2, 0.25) is 0 Å². The zero-order valence-electron chi connectivity index (χ0n) is 11.6. The second-order valence-electron chi connectivity index (χ2n) is 4.53. The van der Waals surface area contributed by atoms with Crippen molar-refractivity contribution in [2.45, 2.75) is 26.2 Å². The number of rotatable bonds is 8. The molecule has 1 atom stereocenters. The van der Waals surface area contributed by atoms with E-state index in [1.807, 2.05) is 6.92 Å². The zero-order chi connectivity index (χ0) is 15.0. The fourth-order valence-electron chi connectivity index (χ4n) is 1.61. The van der Waals surface area contributed by atoms with Crippen LogP contribution in [0.25, 0.3) is 0 Å². The minimum Gasteiger partial charge on any atom is -0.481 e. The van der Waals surface area contributed by atoms with Gasteiger partial charge in [0.15, 0.2) is 5.69 Å². The van der Waals surface area contributed by atoms with Crippen LogP contribution in [0.4, 0.5) is 5.82 Å². The van der Waals surface area contributed by atoms with Gasteiger partial charge >= 0.3 is 11.9 Å². The average Bonchev–Trinajstić information content (AvgIpc) is 2.44. The number of methoxy groups -OCH3 is 1. The molecule has 7 nitrogen and oxygen atoms in total. The number of nitrogens with zero attached hydrogens (tertiary/aromatic N) is 2. The molecule has 1 aromatic rings. The Labute approximate surface area is 117 Å². The molecule has 0 aliphatic heterocycles. The Bertz CT molecular complexity index is 465. The molecule has 1 heterocycles. The van der Waals surface area contributed by atoms with Crippen LogP contribution in [-0.2, 0) is 9.53 Å². The maximum atomic E-state index is 11.3. The molecule has 1 unspecified atom stereocenters. The first-order valence-corrected chi connectivity index (χ1v) is 6.39. The molecule has 0 bridgehead atoms. The summed E-state index contributed by atoms with van der Waals surface area (Å²) >= 11 is 0. The highest BCUT2D eigenvalue weighted by molar-refractivity contribution is 5.87. The molecule has 0 saturated carbocycles. The molecule has 0 fully saturated rings. The molecule has 110 valence electrons. The van der Waals surface area contributed by atoms with Gasteiger partial charge in [-0.25, -0.2) is 9.78 Å². The van der Waals surface area contributed by atoms with Crippen molar-refractivity contribution in [2.24, 2.45) is 5.92 Å². The quantitative estimate of drug-likeness (QED) is 0.697.